The quantitative estimate of drug-likeness (QED) is 0.167. The molecule has 0 heterocycles. The van der Waals surface area contributed by atoms with Crippen LogP contribution in [0.4, 0.5) is 5.69 Å². The molecule has 0 bridgehead atoms. The molecule has 0 saturated heterocycles. The molecule has 7 nitrogen and oxygen atoms in total. The zero-order valence-corrected chi connectivity index (χ0v) is 27.8. The van der Waals surface area contributed by atoms with E-state index in [0.717, 1.165) is 31.9 Å². The van der Waals surface area contributed by atoms with Crippen LogP contribution in [0.25, 0.3) is 0 Å². The van der Waals surface area contributed by atoms with Crippen molar-refractivity contribution in [1.82, 2.24) is 10.2 Å². The Morgan fingerprint density at radius 1 is 0.864 bits per heavy atom. The summed E-state index contributed by atoms with van der Waals surface area (Å²) >= 11 is 9.50. The van der Waals surface area contributed by atoms with Gasteiger partial charge in [0.25, 0.3) is 10.0 Å². The van der Waals surface area contributed by atoms with Gasteiger partial charge in [-0.25, -0.2) is 8.42 Å². The van der Waals surface area contributed by atoms with E-state index in [1.165, 1.54) is 29.2 Å². The Kier molecular flexibility index (Phi) is 11.6. The van der Waals surface area contributed by atoms with Crippen molar-refractivity contribution in [2.45, 2.75) is 44.2 Å². The molecule has 44 heavy (non-hydrogen) atoms. The van der Waals surface area contributed by atoms with E-state index in [0.29, 0.717) is 17.3 Å². The smallest absolute Gasteiger partial charge is 0.264 e. The summed E-state index contributed by atoms with van der Waals surface area (Å²) in [6.45, 7) is 3.89. The highest BCUT2D eigenvalue weighted by Crippen LogP contribution is 2.26. The number of nitrogens with one attached hydrogen (secondary N) is 1. The first-order valence-corrected chi connectivity index (χ1v) is 16.9. The first-order chi connectivity index (χ1) is 21.1. The SMILES string of the molecule is CCCNC(=O)[C@@H](Cc1ccccc1)N(Cc1ccc(Br)cc1)C(=O)CN(c1ccc(C)cc1)S(=O)(=O)c1ccc(Cl)cc1. The van der Waals surface area contributed by atoms with E-state index in [9.17, 15) is 18.0 Å². The minimum atomic E-state index is -4.19. The molecule has 4 aromatic carbocycles. The predicted molar refractivity (Wildman–Crippen MR) is 179 cm³/mol. The zero-order valence-electron chi connectivity index (χ0n) is 24.6. The summed E-state index contributed by atoms with van der Waals surface area (Å²) in [5.74, 6) is -0.817. The van der Waals surface area contributed by atoms with Crippen molar-refractivity contribution in [1.29, 1.82) is 0 Å². The standard InChI is InChI=1S/C34H35BrClN3O4S/c1-3-21-37-34(41)32(22-26-7-5-4-6-8-26)38(23-27-11-13-28(35)14-12-27)33(40)24-39(30-17-9-25(2)10-18-30)44(42,43)31-19-15-29(36)16-20-31/h4-20,32H,3,21-24H2,1-2H3,(H,37,41)/t32-/m1/s1. The molecule has 0 unspecified atom stereocenters. The maximum Gasteiger partial charge on any atom is 0.264 e. The molecule has 2 amide bonds. The fraction of sp³-hybridized carbons (Fsp3) is 0.235. The van der Waals surface area contributed by atoms with Crippen LogP contribution < -0.4 is 9.62 Å². The number of halogens is 2. The second-order valence-electron chi connectivity index (χ2n) is 10.4. The fourth-order valence-electron chi connectivity index (χ4n) is 4.68. The molecule has 0 radical (unpaired) electrons. The molecule has 1 atom stereocenters. The van der Waals surface area contributed by atoms with Crippen LogP contribution >= 0.6 is 27.5 Å². The highest BCUT2D eigenvalue weighted by Gasteiger charge is 2.34. The van der Waals surface area contributed by atoms with Gasteiger partial charge in [-0.05, 0) is 73.0 Å². The number of carbonyl (C=O) groups excluding carboxylic acids is 2. The van der Waals surface area contributed by atoms with E-state index in [1.807, 2.05) is 68.4 Å². The molecule has 0 spiro atoms. The number of amides is 2. The second-order valence-corrected chi connectivity index (χ2v) is 13.7. The maximum atomic E-state index is 14.4. The van der Waals surface area contributed by atoms with Crippen molar-refractivity contribution in [3.8, 4) is 0 Å². The Labute approximate surface area is 273 Å². The van der Waals surface area contributed by atoms with Crippen LogP contribution in [-0.2, 0) is 32.6 Å². The molecule has 4 aromatic rings. The summed E-state index contributed by atoms with van der Waals surface area (Å²) in [5, 5.41) is 3.34. The number of hydrogen-bond acceptors (Lipinski definition) is 4. The van der Waals surface area contributed by atoms with Crippen LogP contribution in [0, 0.1) is 6.92 Å². The molecule has 4 rings (SSSR count). The first-order valence-electron chi connectivity index (χ1n) is 14.3. The molecule has 0 aliphatic carbocycles. The number of anilines is 1. The van der Waals surface area contributed by atoms with Gasteiger partial charge in [-0.15, -0.1) is 0 Å². The highest BCUT2D eigenvalue weighted by atomic mass is 79.9. The molecule has 0 saturated carbocycles. The van der Waals surface area contributed by atoms with Gasteiger partial charge in [0.05, 0.1) is 10.6 Å². The topological polar surface area (TPSA) is 86.8 Å². The Hall–Kier alpha value is -3.66. The van der Waals surface area contributed by atoms with Crippen molar-refractivity contribution in [3.63, 3.8) is 0 Å². The first kappa shape index (κ1) is 33.2. The average Bonchev–Trinajstić information content (AvgIpc) is 3.02. The summed E-state index contributed by atoms with van der Waals surface area (Å²) < 4.78 is 30.1. The lowest BCUT2D eigenvalue weighted by atomic mass is 10.0. The second kappa shape index (κ2) is 15.4. The van der Waals surface area contributed by atoms with Crippen molar-refractivity contribution < 1.29 is 18.0 Å². The molecule has 1 N–H and O–H groups in total. The Morgan fingerprint density at radius 2 is 1.50 bits per heavy atom. The van der Waals surface area contributed by atoms with Crippen LogP contribution in [0.5, 0.6) is 0 Å². The number of hydrogen-bond donors (Lipinski definition) is 1. The Morgan fingerprint density at radius 3 is 2.11 bits per heavy atom. The predicted octanol–water partition coefficient (Wildman–Crippen LogP) is 6.77. The molecule has 0 aromatic heterocycles. The van der Waals surface area contributed by atoms with Crippen molar-refractivity contribution >= 4 is 55.1 Å². The summed E-state index contributed by atoms with van der Waals surface area (Å²) in [6.07, 6.45) is 0.984. The summed E-state index contributed by atoms with van der Waals surface area (Å²) in [7, 11) is -4.19. The van der Waals surface area contributed by atoms with Gasteiger partial charge < -0.3 is 10.2 Å². The number of sulfonamides is 1. The molecule has 0 fully saturated rings. The largest absolute Gasteiger partial charge is 0.354 e. The summed E-state index contributed by atoms with van der Waals surface area (Å²) in [6, 6.07) is 28.8. The summed E-state index contributed by atoms with van der Waals surface area (Å²) in [4.78, 5) is 29.6. The third-order valence-electron chi connectivity index (χ3n) is 7.09. The van der Waals surface area contributed by atoms with Gasteiger partial charge in [0.15, 0.2) is 0 Å². The average molecular weight is 697 g/mol. The van der Waals surface area contributed by atoms with E-state index in [-0.39, 0.29) is 23.8 Å². The normalized spacial score (nSPS) is 11.9. The molecule has 10 heteroatoms. The molecular formula is C34H35BrClN3O4S. The number of benzene rings is 4. The molecule has 0 aliphatic rings. The van der Waals surface area contributed by atoms with Crippen molar-refractivity contribution in [2.24, 2.45) is 0 Å². The monoisotopic (exact) mass is 695 g/mol. The van der Waals surface area contributed by atoms with E-state index in [4.69, 9.17) is 11.6 Å². The lowest BCUT2D eigenvalue weighted by Crippen LogP contribution is -2.53. The Balaban J connectivity index is 1.78. The molecule has 0 aliphatic heterocycles. The lowest BCUT2D eigenvalue weighted by Gasteiger charge is -2.34. The van der Waals surface area contributed by atoms with Gasteiger partial charge in [-0.2, -0.15) is 0 Å². The van der Waals surface area contributed by atoms with Crippen LogP contribution in [0.1, 0.15) is 30.0 Å². The Bertz CT molecular complexity index is 1650. The molecular weight excluding hydrogens is 662 g/mol. The van der Waals surface area contributed by atoms with Gasteiger partial charge in [0.1, 0.15) is 12.6 Å². The third-order valence-corrected chi connectivity index (χ3v) is 9.66. The van der Waals surface area contributed by atoms with Crippen molar-refractivity contribution in [2.75, 3.05) is 17.4 Å². The third kappa shape index (κ3) is 8.71. The van der Waals surface area contributed by atoms with Gasteiger partial charge in [0, 0.05) is 29.0 Å². The van der Waals surface area contributed by atoms with Crippen LogP contribution in [-0.4, -0.2) is 44.3 Å². The van der Waals surface area contributed by atoms with E-state index in [1.54, 1.807) is 24.3 Å². The number of nitrogens with zero attached hydrogens (tertiary/aromatic N) is 2. The van der Waals surface area contributed by atoms with Crippen LogP contribution in [0.2, 0.25) is 5.02 Å². The number of aryl methyl sites for hydroxylation is 1. The minimum Gasteiger partial charge on any atom is -0.354 e. The van der Waals surface area contributed by atoms with E-state index in [2.05, 4.69) is 21.2 Å². The fourth-order valence-corrected chi connectivity index (χ4v) is 6.48. The summed E-state index contributed by atoms with van der Waals surface area (Å²) in [5.41, 5.74) is 2.95. The lowest BCUT2D eigenvalue weighted by molar-refractivity contribution is -0.140. The molecule has 230 valence electrons. The van der Waals surface area contributed by atoms with Crippen LogP contribution in [0.3, 0.4) is 0 Å². The maximum absolute atomic E-state index is 14.4. The highest BCUT2D eigenvalue weighted by molar-refractivity contribution is 9.10. The van der Waals surface area contributed by atoms with Crippen LogP contribution in [0.15, 0.2) is 112 Å². The van der Waals surface area contributed by atoms with E-state index >= 15 is 0 Å². The van der Waals surface area contributed by atoms with Gasteiger partial charge >= 0.3 is 0 Å². The minimum absolute atomic E-state index is 0.00346. The number of carbonyl (C=O) groups is 2. The van der Waals surface area contributed by atoms with Crippen molar-refractivity contribution in [3.05, 3.63) is 129 Å². The van der Waals surface area contributed by atoms with E-state index < -0.39 is 28.5 Å². The van der Waals surface area contributed by atoms with Gasteiger partial charge in [0.2, 0.25) is 11.8 Å². The number of rotatable bonds is 13. The zero-order chi connectivity index (χ0) is 31.7. The van der Waals surface area contributed by atoms with Gasteiger partial charge in [-0.1, -0.05) is 94.6 Å². The van der Waals surface area contributed by atoms with Gasteiger partial charge in [-0.3, -0.25) is 13.9 Å².